The number of guanidine groups is 1. The third kappa shape index (κ3) is 25.3. The zero-order valence-corrected chi connectivity index (χ0v) is 35.2. The molecule has 0 saturated heterocycles. The molecule has 0 aliphatic carbocycles. The molecule has 0 heterocycles. The van der Waals surface area contributed by atoms with E-state index < -0.39 is 153 Å². The van der Waals surface area contributed by atoms with Gasteiger partial charge in [-0.15, -0.1) is 0 Å². The molecule has 0 aromatic carbocycles. The smallest absolute Gasteiger partial charge is 0.326 e. The molecule has 0 rings (SSSR count). The number of nitrogens with zero attached hydrogens (tertiary/aromatic N) is 1. The van der Waals surface area contributed by atoms with Crippen LogP contribution in [0.25, 0.3) is 0 Å². The lowest BCUT2D eigenvalue weighted by Crippen LogP contribution is -2.59. The van der Waals surface area contributed by atoms with E-state index in [0.717, 1.165) is 0 Å². The highest BCUT2D eigenvalue weighted by molar-refractivity contribution is 5.98. The van der Waals surface area contributed by atoms with Crippen LogP contribution < -0.4 is 71.2 Å². The molecule has 63 heavy (non-hydrogen) atoms. The van der Waals surface area contributed by atoms with E-state index in [4.69, 9.17) is 33.8 Å². The number of nitrogens with one attached hydrogen (secondary N) is 8. The van der Waals surface area contributed by atoms with Crippen LogP contribution in [0.1, 0.15) is 72.1 Å². The SMILES string of the molecule is CC(C)CC(NC(=O)C(CCCN=C(N)N)NC(=O)C(CC(N)=O)NC(=O)CNC(=O)CN)C(=O)NC(C)C(=O)NCC(=O)NC(CCC(N)=O)C(=O)NC(CCC(=O)O)C(=O)O. The summed E-state index contributed by atoms with van der Waals surface area (Å²) < 4.78 is 0. The summed E-state index contributed by atoms with van der Waals surface area (Å²) in [5.74, 6) is -12.6. The van der Waals surface area contributed by atoms with Gasteiger partial charge in [0.15, 0.2) is 5.96 Å². The molecular formula is C35H60N14O14. The summed E-state index contributed by atoms with van der Waals surface area (Å²) in [6.07, 6.45) is -2.64. The number of carbonyl (C=O) groups excluding carboxylic acids is 10. The Bertz CT molecular complexity index is 1700. The Morgan fingerprint density at radius 3 is 1.54 bits per heavy atom. The van der Waals surface area contributed by atoms with E-state index in [1.165, 1.54) is 6.92 Å². The topological polar surface area (TPSA) is 484 Å². The predicted octanol–water partition coefficient (Wildman–Crippen LogP) is -7.70. The molecule has 0 aliphatic heterocycles. The van der Waals surface area contributed by atoms with E-state index >= 15 is 0 Å². The van der Waals surface area contributed by atoms with Crippen molar-refractivity contribution in [2.45, 2.75) is 108 Å². The first-order valence-electron chi connectivity index (χ1n) is 19.5. The van der Waals surface area contributed by atoms with Gasteiger partial charge < -0.3 is 81.4 Å². The number of aliphatic imine (C=N–C) groups is 1. The number of nitrogens with two attached hydrogens (primary N) is 5. The van der Waals surface area contributed by atoms with Crippen LogP contribution in [0, 0.1) is 5.92 Å². The van der Waals surface area contributed by atoms with Gasteiger partial charge in [-0.05, 0) is 44.9 Å². The standard InChI is InChI=1S/C35H60N14O14/c1-16(2)11-21(49-30(58)18(5-4-10-41-35(39)40)47-33(61)22(12-24(38)51)46-26(53)14-42-25(52)13-36)32(60)44-17(3)29(57)43-15-27(54)45-19(6-8-23(37)50)31(59)48-20(34(62)63)7-9-28(55)56/h16-22H,4-15,36H2,1-3H3,(H2,37,50)(H2,38,51)(H,42,52)(H,43,57)(H,44,60)(H,45,54)(H,46,53)(H,47,61)(H,48,59)(H,49,58)(H,55,56)(H,62,63)(H4,39,40,41). The van der Waals surface area contributed by atoms with E-state index in [9.17, 15) is 62.6 Å². The quantitative estimate of drug-likeness (QED) is 0.0175. The molecule has 6 atom stereocenters. The van der Waals surface area contributed by atoms with Crippen molar-refractivity contribution >= 4 is 77.0 Å². The number of rotatable bonds is 31. The Morgan fingerprint density at radius 1 is 0.540 bits per heavy atom. The summed E-state index contributed by atoms with van der Waals surface area (Å²) in [6, 6.07) is -8.89. The van der Waals surface area contributed by atoms with E-state index in [0.29, 0.717) is 0 Å². The molecule has 354 valence electrons. The maximum atomic E-state index is 13.7. The van der Waals surface area contributed by atoms with Gasteiger partial charge in [-0.25, -0.2) is 4.79 Å². The lowest BCUT2D eigenvalue weighted by atomic mass is 10.0. The number of carbonyl (C=O) groups is 12. The fourth-order valence-corrected chi connectivity index (χ4v) is 5.23. The van der Waals surface area contributed by atoms with E-state index in [1.807, 2.05) is 0 Å². The minimum Gasteiger partial charge on any atom is -0.481 e. The average molecular weight is 901 g/mol. The van der Waals surface area contributed by atoms with Crippen molar-refractivity contribution in [2.24, 2.45) is 39.6 Å². The van der Waals surface area contributed by atoms with Crippen LogP contribution in [0.15, 0.2) is 4.99 Å². The van der Waals surface area contributed by atoms with Gasteiger partial charge >= 0.3 is 11.9 Å². The van der Waals surface area contributed by atoms with Gasteiger partial charge in [0.05, 0.1) is 26.1 Å². The molecule has 0 fully saturated rings. The average Bonchev–Trinajstić information content (AvgIpc) is 3.18. The highest BCUT2D eigenvalue weighted by atomic mass is 16.4. The molecule has 28 heteroatoms. The molecule has 20 N–H and O–H groups in total. The Morgan fingerprint density at radius 2 is 1.03 bits per heavy atom. The second-order valence-electron chi connectivity index (χ2n) is 14.4. The third-order valence-corrected chi connectivity index (χ3v) is 8.37. The number of hydrogen-bond donors (Lipinski definition) is 15. The van der Waals surface area contributed by atoms with Gasteiger partial charge in [0.1, 0.15) is 36.3 Å². The van der Waals surface area contributed by atoms with Crippen LogP contribution in [0.3, 0.4) is 0 Å². The monoisotopic (exact) mass is 900 g/mol. The molecule has 6 unspecified atom stereocenters. The van der Waals surface area contributed by atoms with Crippen molar-refractivity contribution in [3.05, 3.63) is 0 Å². The summed E-state index contributed by atoms with van der Waals surface area (Å²) in [5.41, 5.74) is 26.4. The summed E-state index contributed by atoms with van der Waals surface area (Å²) in [4.78, 5) is 152. The lowest BCUT2D eigenvalue weighted by Gasteiger charge is -2.26. The third-order valence-electron chi connectivity index (χ3n) is 8.37. The number of hydrogen-bond acceptors (Lipinski definition) is 14. The molecule has 10 amide bonds. The molecule has 0 saturated carbocycles. The molecule has 28 nitrogen and oxygen atoms in total. The van der Waals surface area contributed by atoms with Gasteiger partial charge in [0, 0.05) is 19.4 Å². The van der Waals surface area contributed by atoms with Crippen LogP contribution in [0.5, 0.6) is 0 Å². The van der Waals surface area contributed by atoms with Crippen molar-refractivity contribution in [3.8, 4) is 0 Å². The molecule has 0 aliphatic rings. The van der Waals surface area contributed by atoms with Gasteiger partial charge in [-0.2, -0.15) is 0 Å². The maximum Gasteiger partial charge on any atom is 0.326 e. The van der Waals surface area contributed by atoms with Crippen molar-refractivity contribution in [3.63, 3.8) is 0 Å². The minimum absolute atomic E-state index is 0.00562. The minimum atomic E-state index is -1.65. The maximum absolute atomic E-state index is 13.7. The van der Waals surface area contributed by atoms with Crippen LogP contribution in [0.2, 0.25) is 0 Å². The highest BCUT2D eigenvalue weighted by Gasteiger charge is 2.32. The van der Waals surface area contributed by atoms with Crippen molar-refractivity contribution in [1.82, 2.24) is 42.5 Å². The fourth-order valence-electron chi connectivity index (χ4n) is 5.23. The second kappa shape index (κ2) is 29.2. The van der Waals surface area contributed by atoms with Gasteiger partial charge in [0.2, 0.25) is 59.1 Å². The number of carboxylic acid groups (broad SMARTS) is 2. The zero-order chi connectivity index (χ0) is 48.4. The van der Waals surface area contributed by atoms with Crippen LogP contribution >= 0.6 is 0 Å². The van der Waals surface area contributed by atoms with E-state index in [2.05, 4.69) is 47.5 Å². The van der Waals surface area contributed by atoms with Crippen LogP contribution in [-0.2, 0) is 57.5 Å². The number of amides is 10. The Kier molecular flexibility index (Phi) is 25.9. The van der Waals surface area contributed by atoms with Crippen LogP contribution in [-0.4, -0.2) is 150 Å². The molecular weight excluding hydrogens is 840 g/mol. The van der Waals surface area contributed by atoms with E-state index in [1.54, 1.807) is 13.8 Å². The summed E-state index contributed by atoms with van der Waals surface area (Å²) in [5, 5.41) is 36.6. The molecule has 0 aromatic heterocycles. The summed E-state index contributed by atoms with van der Waals surface area (Å²) >= 11 is 0. The fraction of sp³-hybridized carbons (Fsp3) is 0.629. The van der Waals surface area contributed by atoms with Crippen LogP contribution in [0.4, 0.5) is 0 Å². The van der Waals surface area contributed by atoms with Crippen molar-refractivity contribution in [1.29, 1.82) is 0 Å². The first kappa shape index (κ1) is 55.9. The normalized spacial score (nSPS) is 13.5. The van der Waals surface area contributed by atoms with Gasteiger partial charge in [-0.1, -0.05) is 13.8 Å². The van der Waals surface area contributed by atoms with E-state index in [-0.39, 0.29) is 44.1 Å². The number of carboxylic acids is 2. The molecule has 0 bridgehead atoms. The molecule has 0 aromatic rings. The largest absolute Gasteiger partial charge is 0.481 e. The second-order valence-corrected chi connectivity index (χ2v) is 14.4. The molecule has 0 spiro atoms. The highest BCUT2D eigenvalue weighted by Crippen LogP contribution is 2.09. The predicted molar refractivity (Wildman–Crippen MR) is 218 cm³/mol. The Hall–Kier alpha value is -7.13. The summed E-state index contributed by atoms with van der Waals surface area (Å²) in [7, 11) is 0. The summed E-state index contributed by atoms with van der Waals surface area (Å²) in [6.45, 7) is 2.87. The first-order valence-corrected chi connectivity index (χ1v) is 19.5. The van der Waals surface area contributed by atoms with Gasteiger partial charge in [0.25, 0.3) is 0 Å². The zero-order valence-electron chi connectivity index (χ0n) is 35.2. The Balaban J connectivity index is 5.95. The molecule has 0 radical (unpaired) electrons. The number of primary amides is 2. The van der Waals surface area contributed by atoms with Crippen molar-refractivity contribution in [2.75, 3.05) is 26.2 Å². The van der Waals surface area contributed by atoms with Gasteiger partial charge in [-0.3, -0.25) is 57.7 Å². The Labute approximate surface area is 361 Å². The lowest BCUT2D eigenvalue weighted by molar-refractivity contribution is -0.143. The number of aliphatic carboxylic acids is 2. The van der Waals surface area contributed by atoms with Crippen molar-refractivity contribution < 1.29 is 67.7 Å². The first-order chi connectivity index (χ1) is 29.4.